The summed E-state index contributed by atoms with van der Waals surface area (Å²) in [6.07, 6.45) is 1.88. The summed E-state index contributed by atoms with van der Waals surface area (Å²) < 4.78 is 65.6. The van der Waals surface area contributed by atoms with Crippen molar-refractivity contribution in [3.63, 3.8) is 0 Å². The fraction of sp³-hybridized carbons (Fsp3) is 0.455. The van der Waals surface area contributed by atoms with Gasteiger partial charge in [-0.25, -0.2) is 22.0 Å². The van der Waals surface area contributed by atoms with Crippen LogP contribution in [0.5, 0.6) is 0 Å². The van der Waals surface area contributed by atoms with E-state index in [0.717, 1.165) is 6.42 Å². The summed E-state index contributed by atoms with van der Waals surface area (Å²) in [6.45, 7) is 0.504. The molecule has 94 valence electrons. The van der Waals surface area contributed by atoms with Gasteiger partial charge in [0, 0.05) is 11.6 Å². The average Bonchev–Trinajstić information content (AvgIpc) is 2.36. The van der Waals surface area contributed by atoms with Crippen LogP contribution in [0.3, 0.4) is 0 Å². The minimum absolute atomic E-state index is 0.359. The van der Waals surface area contributed by atoms with Crippen molar-refractivity contribution in [3.05, 3.63) is 34.6 Å². The molecule has 0 bridgehead atoms. The zero-order chi connectivity index (χ0) is 12.6. The molecular weight excluding hydrogens is 241 g/mol. The Morgan fingerprint density at radius 1 is 0.765 bits per heavy atom. The van der Waals surface area contributed by atoms with Crippen LogP contribution < -0.4 is 5.32 Å². The highest BCUT2D eigenvalue weighted by Gasteiger charge is 2.30. The molecule has 0 unspecified atom stereocenters. The Hall–Kier alpha value is -1.17. The highest BCUT2D eigenvalue weighted by atomic mass is 19.2. The van der Waals surface area contributed by atoms with Gasteiger partial charge < -0.3 is 5.32 Å². The number of hydrogen-bond acceptors (Lipinski definition) is 1. The highest BCUT2D eigenvalue weighted by molar-refractivity contribution is 5.27. The molecule has 1 N–H and O–H groups in total. The van der Waals surface area contributed by atoms with E-state index in [1.807, 2.05) is 0 Å². The number of hydrogen-bond donors (Lipinski definition) is 1. The van der Waals surface area contributed by atoms with Crippen molar-refractivity contribution < 1.29 is 22.0 Å². The Morgan fingerprint density at radius 2 is 1.29 bits per heavy atom. The van der Waals surface area contributed by atoms with Gasteiger partial charge in [-0.3, -0.25) is 0 Å². The molecule has 0 radical (unpaired) electrons. The molecule has 0 saturated carbocycles. The lowest BCUT2D eigenvalue weighted by Gasteiger charge is -2.24. The van der Waals surface area contributed by atoms with Crippen LogP contribution in [0.25, 0.3) is 0 Å². The average molecular weight is 251 g/mol. The van der Waals surface area contributed by atoms with Crippen molar-refractivity contribution in [1.29, 1.82) is 0 Å². The summed E-state index contributed by atoms with van der Waals surface area (Å²) in [5.41, 5.74) is -0.749. The standard InChI is InChI=1S/C11H10F5N/c12-7-6(5-3-1-2-4-17-5)8(13)10(15)11(16)9(7)14/h5,17H,1-4H2/t5-/m1/s1. The van der Waals surface area contributed by atoms with Crippen LogP contribution in [0.15, 0.2) is 0 Å². The summed E-state index contributed by atoms with van der Waals surface area (Å²) in [5, 5.41) is 2.76. The third-order valence-corrected chi connectivity index (χ3v) is 2.90. The van der Waals surface area contributed by atoms with Gasteiger partial charge in [0.25, 0.3) is 0 Å². The van der Waals surface area contributed by atoms with Gasteiger partial charge in [0.15, 0.2) is 23.3 Å². The highest BCUT2D eigenvalue weighted by Crippen LogP contribution is 2.31. The van der Waals surface area contributed by atoms with E-state index < -0.39 is 40.7 Å². The Bertz CT molecular complexity index is 411. The van der Waals surface area contributed by atoms with Crippen LogP contribution in [0.2, 0.25) is 0 Å². The summed E-state index contributed by atoms with van der Waals surface area (Å²) in [7, 11) is 0. The third-order valence-electron chi connectivity index (χ3n) is 2.90. The molecule has 1 nitrogen and oxygen atoms in total. The van der Waals surface area contributed by atoms with Crippen molar-refractivity contribution in [2.45, 2.75) is 25.3 Å². The molecule has 1 aromatic carbocycles. The van der Waals surface area contributed by atoms with E-state index in [1.165, 1.54) is 0 Å². The Balaban J connectivity index is 2.52. The molecule has 0 aliphatic carbocycles. The number of piperidine rings is 1. The van der Waals surface area contributed by atoms with Crippen molar-refractivity contribution in [2.75, 3.05) is 6.54 Å². The van der Waals surface area contributed by atoms with Gasteiger partial charge in [0.1, 0.15) is 0 Å². The Kier molecular flexibility index (Phi) is 3.33. The fourth-order valence-corrected chi connectivity index (χ4v) is 2.03. The molecule has 1 aromatic rings. The molecule has 0 spiro atoms. The quantitative estimate of drug-likeness (QED) is 0.459. The molecule has 1 aliphatic heterocycles. The van der Waals surface area contributed by atoms with Crippen LogP contribution in [-0.2, 0) is 0 Å². The molecule has 1 atom stereocenters. The normalized spacial score (nSPS) is 20.6. The first-order valence-corrected chi connectivity index (χ1v) is 5.28. The van der Waals surface area contributed by atoms with E-state index in [-0.39, 0.29) is 0 Å². The topological polar surface area (TPSA) is 12.0 Å². The van der Waals surface area contributed by atoms with Gasteiger partial charge in [-0.1, -0.05) is 6.42 Å². The van der Waals surface area contributed by atoms with E-state index in [2.05, 4.69) is 5.32 Å². The summed E-state index contributed by atoms with van der Waals surface area (Å²) in [4.78, 5) is 0. The Labute approximate surface area is 94.6 Å². The van der Waals surface area contributed by atoms with Crippen molar-refractivity contribution in [2.24, 2.45) is 0 Å². The molecule has 2 rings (SSSR count). The monoisotopic (exact) mass is 251 g/mol. The van der Waals surface area contributed by atoms with Crippen LogP contribution in [0.1, 0.15) is 30.9 Å². The minimum atomic E-state index is -2.11. The first-order chi connectivity index (χ1) is 8.04. The third kappa shape index (κ3) is 2.01. The van der Waals surface area contributed by atoms with E-state index in [4.69, 9.17) is 0 Å². The fourth-order valence-electron chi connectivity index (χ4n) is 2.03. The molecule has 0 amide bonds. The molecule has 0 aromatic heterocycles. The second-order valence-corrected chi connectivity index (χ2v) is 3.99. The first kappa shape index (κ1) is 12.3. The zero-order valence-electron chi connectivity index (χ0n) is 8.80. The Morgan fingerprint density at radius 3 is 1.76 bits per heavy atom. The maximum absolute atomic E-state index is 13.4. The van der Waals surface area contributed by atoms with E-state index in [9.17, 15) is 22.0 Å². The van der Waals surface area contributed by atoms with Crippen LogP contribution in [-0.4, -0.2) is 6.54 Å². The number of halogens is 5. The maximum atomic E-state index is 13.4. The molecule has 1 saturated heterocycles. The lowest BCUT2D eigenvalue weighted by atomic mass is 9.96. The van der Waals surface area contributed by atoms with Gasteiger partial charge in [-0.15, -0.1) is 0 Å². The smallest absolute Gasteiger partial charge is 0.200 e. The molecule has 1 aliphatic rings. The molecule has 6 heteroatoms. The van der Waals surface area contributed by atoms with E-state index >= 15 is 0 Å². The number of rotatable bonds is 1. The molecule has 1 fully saturated rings. The first-order valence-electron chi connectivity index (χ1n) is 5.28. The van der Waals surface area contributed by atoms with Crippen molar-refractivity contribution in [3.8, 4) is 0 Å². The minimum Gasteiger partial charge on any atom is -0.310 e. The number of nitrogens with one attached hydrogen (secondary N) is 1. The van der Waals surface area contributed by atoms with Gasteiger partial charge in [0.2, 0.25) is 5.82 Å². The van der Waals surface area contributed by atoms with Gasteiger partial charge >= 0.3 is 0 Å². The zero-order valence-corrected chi connectivity index (χ0v) is 8.80. The van der Waals surface area contributed by atoms with Gasteiger partial charge in [0.05, 0.1) is 0 Å². The van der Waals surface area contributed by atoms with Crippen LogP contribution in [0.4, 0.5) is 22.0 Å². The number of benzene rings is 1. The lowest BCUT2D eigenvalue weighted by molar-refractivity contribution is 0.336. The predicted molar refractivity (Wildman–Crippen MR) is 50.8 cm³/mol. The molecule has 1 heterocycles. The van der Waals surface area contributed by atoms with Gasteiger partial charge in [-0.2, -0.15) is 0 Å². The van der Waals surface area contributed by atoms with Crippen LogP contribution in [0, 0.1) is 29.1 Å². The van der Waals surface area contributed by atoms with Crippen LogP contribution >= 0.6 is 0 Å². The van der Waals surface area contributed by atoms with E-state index in [0.29, 0.717) is 19.4 Å². The summed E-state index contributed by atoms with van der Waals surface area (Å²) in [6, 6.07) is -0.812. The van der Waals surface area contributed by atoms with Crippen molar-refractivity contribution >= 4 is 0 Å². The predicted octanol–water partition coefficient (Wildman–Crippen LogP) is 3.20. The second kappa shape index (κ2) is 4.60. The van der Waals surface area contributed by atoms with E-state index in [1.54, 1.807) is 0 Å². The SMILES string of the molecule is Fc1c(F)c(F)c([C@H]2CCCCN2)c(F)c1F. The van der Waals surface area contributed by atoms with Gasteiger partial charge in [-0.05, 0) is 19.4 Å². The lowest BCUT2D eigenvalue weighted by Crippen LogP contribution is -2.29. The summed E-state index contributed by atoms with van der Waals surface area (Å²) >= 11 is 0. The molecular formula is C11H10F5N. The summed E-state index contributed by atoms with van der Waals surface area (Å²) in [5.74, 6) is -9.35. The maximum Gasteiger partial charge on any atom is 0.200 e. The van der Waals surface area contributed by atoms with Crippen molar-refractivity contribution in [1.82, 2.24) is 5.32 Å². The molecule has 17 heavy (non-hydrogen) atoms. The second-order valence-electron chi connectivity index (χ2n) is 3.99. The largest absolute Gasteiger partial charge is 0.310 e.